The zero-order chi connectivity index (χ0) is 18.8. The molecule has 27 heavy (non-hydrogen) atoms. The second kappa shape index (κ2) is 7.73. The van der Waals surface area contributed by atoms with Crippen molar-refractivity contribution in [1.29, 1.82) is 0 Å². The Kier molecular flexibility index (Phi) is 5.17. The Hall–Kier alpha value is -2.33. The van der Waals surface area contributed by atoms with Crippen LogP contribution in [-0.4, -0.2) is 47.2 Å². The molecule has 4 rings (SSSR count). The highest BCUT2D eigenvalue weighted by Crippen LogP contribution is 2.42. The summed E-state index contributed by atoms with van der Waals surface area (Å²) in [6, 6.07) is 17.9. The smallest absolute Gasteiger partial charge is 0.407 e. The Morgan fingerprint density at radius 2 is 1.96 bits per heavy atom. The van der Waals surface area contributed by atoms with Gasteiger partial charge in [0.2, 0.25) is 0 Å². The minimum atomic E-state index is -0.866. The molecule has 0 radical (unpaired) electrons. The molecular weight excluding hydrogens is 336 g/mol. The first-order chi connectivity index (χ1) is 13.1. The molecule has 0 aromatic heterocycles. The molecule has 1 fully saturated rings. The van der Waals surface area contributed by atoms with E-state index in [-0.39, 0.29) is 0 Å². The van der Waals surface area contributed by atoms with Gasteiger partial charge in [-0.3, -0.25) is 4.90 Å². The lowest BCUT2D eigenvalue weighted by Crippen LogP contribution is -2.36. The van der Waals surface area contributed by atoms with Crippen molar-refractivity contribution in [3.63, 3.8) is 0 Å². The monoisotopic (exact) mass is 364 g/mol. The largest absolute Gasteiger partial charge is 0.465 e. The average Bonchev–Trinajstić information content (AvgIpc) is 3.11. The third-order valence-corrected chi connectivity index (χ3v) is 6.32. The van der Waals surface area contributed by atoms with Crippen LogP contribution in [-0.2, 0) is 19.4 Å². The van der Waals surface area contributed by atoms with Crippen molar-refractivity contribution in [3.05, 3.63) is 70.8 Å². The van der Waals surface area contributed by atoms with Gasteiger partial charge in [-0.15, -0.1) is 0 Å². The van der Waals surface area contributed by atoms with Crippen LogP contribution in [0.1, 0.15) is 41.0 Å². The Bertz CT molecular complexity index is 805. The van der Waals surface area contributed by atoms with Gasteiger partial charge in [0.25, 0.3) is 0 Å². The lowest BCUT2D eigenvalue weighted by atomic mass is 9.77. The van der Waals surface area contributed by atoms with Crippen LogP contribution in [0.25, 0.3) is 0 Å². The number of carbonyl (C=O) groups is 1. The number of hydrogen-bond acceptors (Lipinski definition) is 2. The van der Waals surface area contributed by atoms with Crippen molar-refractivity contribution in [2.24, 2.45) is 0 Å². The summed E-state index contributed by atoms with van der Waals surface area (Å²) in [5.74, 6) is 0.597. The van der Waals surface area contributed by atoms with Crippen molar-refractivity contribution in [2.75, 3.05) is 20.1 Å². The van der Waals surface area contributed by atoms with Gasteiger partial charge in [-0.05, 0) is 54.5 Å². The van der Waals surface area contributed by atoms with Crippen LogP contribution in [0.3, 0.4) is 0 Å². The van der Waals surface area contributed by atoms with E-state index in [1.54, 1.807) is 7.05 Å². The summed E-state index contributed by atoms with van der Waals surface area (Å²) < 4.78 is 0. The van der Waals surface area contributed by atoms with Gasteiger partial charge in [0, 0.05) is 32.1 Å². The third-order valence-electron chi connectivity index (χ3n) is 6.32. The fourth-order valence-electron chi connectivity index (χ4n) is 4.93. The van der Waals surface area contributed by atoms with E-state index in [9.17, 15) is 9.90 Å². The average molecular weight is 364 g/mol. The molecule has 4 heteroatoms. The van der Waals surface area contributed by atoms with Crippen LogP contribution in [0, 0.1) is 0 Å². The number of fused-ring (bicyclic) bond motifs is 3. The molecule has 1 aliphatic carbocycles. The molecule has 1 saturated heterocycles. The van der Waals surface area contributed by atoms with Crippen molar-refractivity contribution >= 4 is 6.09 Å². The normalized spacial score (nSPS) is 21.5. The Labute approximate surface area is 161 Å². The summed E-state index contributed by atoms with van der Waals surface area (Å²) in [4.78, 5) is 15.3. The topological polar surface area (TPSA) is 43.8 Å². The number of likely N-dealkylation sites (tertiary alicyclic amines) is 1. The first kappa shape index (κ1) is 18.1. The summed E-state index contributed by atoms with van der Waals surface area (Å²) in [7, 11) is 1.65. The number of benzene rings is 2. The second-order valence-electron chi connectivity index (χ2n) is 7.90. The molecule has 1 heterocycles. The number of amides is 1. The molecule has 2 aromatic rings. The molecule has 2 aromatic carbocycles. The standard InChI is InChI=1S/C23H28N2O2/c1-24(23(26)27)16-18-8-5-9-20-19(18)10-11-22-21(20)13-15-25(22)14-12-17-6-3-2-4-7-17/h2-9,21-22H,10-16H2,1H3,(H,26,27)/t21-,22+/m1/s1. The predicted molar refractivity (Wildman–Crippen MR) is 107 cm³/mol. The Morgan fingerprint density at radius 1 is 1.15 bits per heavy atom. The summed E-state index contributed by atoms with van der Waals surface area (Å²) in [5, 5.41) is 9.20. The van der Waals surface area contributed by atoms with Crippen LogP contribution in [0.15, 0.2) is 48.5 Å². The highest BCUT2D eigenvalue weighted by atomic mass is 16.4. The molecule has 2 atom stereocenters. The summed E-state index contributed by atoms with van der Waals surface area (Å²) in [6.45, 7) is 2.77. The highest BCUT2D eigenvalue weighted by molar-refractivity contribution is 5.64. The maximum absolute atomic E-state index is 11.2. The van der Waals surface area contributed by atoms with Gasteiger partial charge >= 0.3 is 6.09 Å². The van der Waals surface area contributed by atoms with Gasteiger partial charge < -0.3 is 10.0 Å². The molecular formula is C23H28N2O2. The first-order valence-electron chi connectivity index (χ1n) is 9.96. The molecule has 142 valence electrons. The first-order valence-corrected chi connectivity index (χ1v) is 9.96. The highest BCUT2D eigenvalue weighted by Gasteiger charge is 2.38. The quantitative estimate of drug-likeness (QED) is 0.867. The fourth-order valence-corrected chi connectivity index (χ4v) is 4.93. The molecule has 0 bridgehead atoms. The molecule has 0 spiro atoms. The van der Waals surface area contributed by atoms with Crippen molar-refractivity contribution in [1.82, 2.24) is 9.80 Å². The predicted octanol–water partition coefficient (Wildman–Crippen LogP) is 4.14. The molecule has 1 N–H and O–H groups in total. The van der Waals surface area contributed by atoms with Crippen LogP contribution in [0.5, 0.6) is 0 Å². The number of carboxylic acid groups (broad SMARTS) is 1. The lowest BCUT2D eigenvalue weighted by molar-refractivity contribution is 0.153. The minimum absolute atomic E-state index is 0.480. The number of hydrogen-bond donors (Lipinski definition) is 1. The molecule has 0 unspecified atom stereocenters. The van der Waals surface area contributed by atoms with Crippen LogP contribution < -0.4 is 0 Å². The van der Waals surface area contributed by atoms with Gasteiger partial charge in [-0.25, -0.2) is 4.79 Å². The van der Waals surface area contributed by atoms with Crippen molar-refractivity contribution in [3.8, 4) is 0 Å². The van der Waals surface area contributed by atoms with Gasteiger partial charge in [-0.2, -0.15) is 0 Å². The van der Waals surface area contributed by atoms with E-state index in [1.807, 2.05) is 0 Å². The van der Waals surface area contributed by atoms with Crippen molar-refractivity contribution < 1.29 is 9.90 Å². The molecule has 2 aliphatic rings. The lowest BCUT2D eigenvalue weighted by Gasteiger charge is -2.34. The van der Waals surface area contributed by atoms with E-state index in [1.165, 1.54) is 46.5 Å². The van der Waals surface area contributed by atoms with E-state index in [2.05, 4.69) is 53.4 Å². The Balaban J connectivity index is 1.48. The van der Waals surface area contributed by atoms with E-state index >= 15 is 0 Å². The second-order valence-corrected chi connectivity index (χ2v) is 7.90. The van der Waals surface area contributed by atoms with Gasteiger partial charge in [0.05, 0.1) is 0 Å². The van der Waals surface area contributed by atoms with E-state index in [0.29, 0.717) is 18.5 Å². The zero-order valence-corrected chi connectivity index (χ0v) is 16.0. The van der Waals surface area contributed by atoms with E-state index in [4.69, 9.17) is 0 Å². The Morgan fingerprint density at radius 3 is 2.74 bits per heavy atom. The van der Waals surface area contributed by atoms with E-state index in [0.717, 1.165) is 19.4 Å². The molecule has 1 aliphatic heterocycles. The van der Waals surface area contributed by atoms with E-state index < -0.39 is 6.09 Å². The van der Waals surface area contributed by atoms with Gasteiger partial charge in [0.15, 0.2) is 0 Å². The van der Waals surface area contributed by atoms with Crippen molar-refractivity contribution in [2.45, 2.75) is 44.2 Å². The zero-order valence-electron chi connectivity index (χ0n) is 16.0. The number of nitrogens with zero attached hydrogens (tertiary/aromatic N) is 2. The fraction of sp³-hybridized carbons (Fsp3) is 0.435. The summed E-state index contributed by atoms with van der Waals surface area (Å²) >= 11 is 0. The molecule has 0 saturated carbocycles. The minimum Gasteiger partial charge on any atom is -0.465 e. The summed E-state index contributed by atoms with van der Waals surface area (Å²) in [5.41, 5.74) is 5.45. The molecule has 1 amide bonds. The maximum atomic E-state index is 11.2. The van der Waals surface area contributed by atoms with Crippen LogP contribution in [0.2, 0.25) is 0 Å². The van der Waals surface area contributed by atoms with Crippen LogP contribution in [0.4, 0.5) is 4.79 Å². The molecule has 4 nitrogen and oxygen atoms in total. The number of rotatable bonds is 5. The van der Waals surface area contributed by atoms with Gasteiger partial charge in [0.1, 0.15) is 0 Å². The SMILES string of the molecule is CN(Cc1cccc2c1CC[C@H]1[C@@H]2CCN1CCc1ccccc1)C(=O)O. The maximum Gasteiger partial charge on any atom is 0.407 e. The van der Waals surface area contributed by atoms with Crippen LogP contribution >= 0.6 is 0 Å². The third kappa shape index (κ3) is 3.72. The summed E-state index contributed by atoms with van der Waals surface area (Å²) in [6.07, 6.45) is 3.70. The van der Waals surface area contributed by atoms with Gasteiger partial charge in [-0.1, -0.05) is 48.5 Å².